The summed E-state index contributed by atoms with van der Waals surface area (Å²) in [6.07, 6.45) is 3.98. The number of aromatic nitrogens is 2. The van der Waals surface area contributed by atoms with Crippen LogP contribution in [0.15, 0.2) is 79.0 Å². The average Bonchev–Trinajstić information content (AvgIpc) is 3.45. The van der Waals surface area contributed by atoms with Gasteiger partial charge in [0.1, 0.15) is 37.0 Å². The first-order chi connectivity index (χ1) is 20.5. The molecule has 42 heavy (non-hydrogen) atoms. The van der Waals surface area contributed by atoms with Crippen molar-refractivity contribution in [2.75, 3.05) is 29.9 Å². The fourth-order valence-corrected chi connectivity index (χ4v) is 5.32. The van der Waals surface area contributed by atoms with Crippen LogP contribution in [0.5, 0.6) is 17.5 Å². The number of aryl methyl sites for hydroxylation is 1. The van der Waals surface area contributed by atoms with Gasteiger partial charge in [0.2, 0.25) is 0 Å². The second-order valence-corrected chi connectivity index (χ2v) is 10.9. The highest BCUT2D eigenvalue weighted by Gasteiger charge is 2.28. The minimum Gasteiger partial charge on any atom is -0.490 e. The van der Waals surface area contributed by atoms with Crippen LogP contribution >= 0.6 is 11.6 Å². The number of nitrogens with zero attached hydrogens (tertiary/aromatic N) is 4. The van der Waals surface area contributed by atoms with Gasteiger partial charge in [-0.25, -0.2) is 0 Å². The molecule has 1 atom stereocenters. The fourth-order valence-electron chi connectivity index (χ4n) is 5.19. The van der Waals surface area contributed by atoms with Crippen molar-refractivity contribution >= 4 is 28.8 Å². The molecule has 10 nitrogen and oxygen atoms in total. The van der Waals surface area contributed by atoms with Crippen molar-refractivity contribution in [1.29, 1.82) is 0 Å². The third kappa shape index (κ3) is 6.88. The Labute approximate surface area is 248 Å². The van der Waals surface area contributed by atoms with E-state index < -0.39 is 4.92 Å². The number of nitrogens with one attached hydrogen (secondary N) is 1. The van der Waals surface area contributed by atoms with Gasteiger partial charge in [0.25, 0.3) is 0 Å². The van der Waals surface area contributed by atoms with Crippen molar-refractivity contribution in [3.63, 3.8) is 0 Å². The van der Waals surface area contributed by atoms with E-state index in [0.717, 1.165) is 53.7 Å². The highest BCUT2D eigenvalue weighted by atomic mass is 35.5. The van der Waals surface area contributed by atoms with Crippen LogP contribution < -0.4 is 24.4 Å². The lowest BCUT2D eigenvalue weighted by Crippen LogP contribution is -2.39. The van der Waals surface area contributed by atoms with Crippen molar-refractivity contribution < 1.29 is 19.1 Å². The van der Waals surface area contributed by atoms with Gasteiger partial charge < -0.3 is 34.5 Å². The zero-order valence-electron chi connectivity index (χ0n) is 23.0. The van der Waals surface area contributed by atoms with Gasteiger partial charge in [-0.3, -0.25) is 4.57 Å². The van der Waals surface area contributed by atoms with Crippen molar-refractivity contribution in [1.82, 2.24) is 9.55 Å². The molecule has 0 amide bonds. The summed E-state index contributed by atoms with van der Waals surface area (Å²) >= 11 is 5.95. The molecule has 0 spiro atoms. The zero-order valence-corrected chi connectivity index (χ0v) is 23.8. The maximum Gasteiger partial charge on any atom is 0.414 e. The minimum absolute atomic E-state index is 0.201. The molecule has 2 aliphatic rings. The lowest BCUT2D eigenvalue weighted by molar-refractivity contribution is -0.389. The van der Waals surface area contributed by atoms with Gasteiger partial charge in [-0.05, 0) is 84.0 Å². The number of piperidine rings is 1. The predicted molar refractivity (Wildman–Crippen MR) is 161 cm³/mol. The molecule has 4 aromatic rings. The molecule has 218 valence electrons. The predicted octanol–water partition coefficient (Wildman–Crippen LogP) is 6.33. The smallest absolute Gasteiger partial charge is 0.414 e. The molecule has 1 saturated heterocycles. The van der Waals surface area contributed by atoms with E-state index in [4.69, 9.17) is 25.8 Å². The summed E-state index contributed by atoms with van der Waals surface area (Å²) in [7, 11) is 0. The van der Waals surface area contributed by atoms with E-state index in [1.165, 1.54) is 11.9 Å². The third-order valence-corrected chi connectivity index (χ3v) is 7.81. The van der Waals surface area contributed by atoms with Crippen LogP contribution in [0.1, 0.15) is 24.8 Å². The number of imidazole rings is 1. The summed E-state index contributed by atoms with van der Waals surface area (Å²) in [5.41, 5.74) is 3.35. The molecule has 1 unspecified atom stereocenters. The van der Waals surface area contributed by atoms with E-state index in [1.807, 2.05) is 48.5 Å². The number of nitro groups is 1. The fraction of sp³-hybridized carbons (Fsp3) is 0.323. The van der Waals surface area contributed by atoms with Gasteiger partial charge in [0.15, 0.2) is 0 Å². The number of anilines is 2. The van der Waals surface area contributed by atoms with E-state index in [-0.39, 0.29) is 17.9 Å². The minimum atomic E-state index is -0.513. The SMILES string of the molecule is O=[N+]([O-])c1cn2c(n1)OC(COc1ccc(N3CCC(Nc4ccc(OCc5ccc(Cl)cc5)cc4)CC3)cc1)CC2. The molecule has 3 aromatic carbocycles. The second kappa shape index (κ2) is 12.6. The molecule has 1 fully saturated rings. The molecule has 0 radical (unpaired) electrons. The monoisotopic (exact) mass is 589 g/mol. The quantitative estimate of drug-likeness (QED) is 0.169. The molecule has 0 bridgehead atoms. The maximum absolute atomic E-state index is 11.0. The van der Waals surface area contributed by atoms with Crippen LogP contribution in [0.3, 0.4) is 0 Å². The number of ether oxygens (including phenoxy) is 3. The van der Waals surface area contributed by atoms with Crippen LogP contribution in [0.2, 0.25) is 5.02 Å². The lowest BCUT2D eigenvalue weighted by atomic mass is 10.0. The average molecular weight is 590 g/mol. The topological polar surface area (TPSA) is 104 Å². The van der Waals surface area contributed by atoms with Crippen molar-refractivity contribution in [3.05, 3.63) is 99.7 Å². The first kappa shape index (κ1) is 27.7. The van der Waals surface area contributed by atoms with Crippen LogP contribution in [0.4, 0.5) is 17.2 Å². The van der Waals surface area contributed by atoms with Crippen LogP contribution in [-0.2, 0) is 13.2 Å². The van der Waals surface area contributed by atoms with Crippen molar-refractivity contribution in [2.24, 2.45) is 0 Å². The Morgan fingerprint density at radius 1 is 0.929 bits per heavy atom. The molecule has 0 saturated carbocycles. The molecule has 6 rings (SSSR count). The molecule has 11 heteroatoms. The van der Waals surface area contributed by atoms with Gasteiger partial charge in [0.05, 0.1) is 0 Å². The number of benzene rings is 3. The summed E-state index contributed by atoms with van der Waals surface area (Å²) < 4.78 is 19.3. The van der Waals surface area contributed by atoms with Crippen LogP contribution in [-0.4, -0.2) is 46.3 Å². The van der Waals surface area contributed by atoms with Gasteiger partial charge in [-0.2, -0.15) is 0 Å². The van der Waals surface area contributed by atoms with E-state index in [2.05, 4.69) is 39.5 Å². The normalized spacial score (nSPS) is 16.8. The van der Waals surface area contributed by atoms with E-state index >= 15 is 0 Å². The van der Waals surface area contributed by atoms with E-state index in [0.29, 0.717) is 32.2 Å². The lowest BCUT2D eigenvalue weighted by Gasteiger charge is -2.34. The van der Waals surface area contributed by atoms with E-state index in [1.54, 1.807) is 4.57 Å². The van der Waals surface area contributed by atoms with Crippen molar-refractivity contribution in [3.8, 4) is 17.5 Å². The molecule has 1 N–H and O–H groups in total. The Bertz CT molecular complexity index is 1490. The van der Waals surface area contributed by atoms with E-state index in [9.17, 15) is 10.1 Å². The Morgan fingerprint density at radius 3 is 2.33 bits per heavy atom. The Balaban J connectivity index is 0.923. The Kier molecular flexibility index (Phi) is 8.32. The third-order valence-electron chi connectivity index (χ3n) is 7.55. The highest BCUT2D eigenvalue weighted by molar-refractivity contribution is 6.30. The number of hydrogen-bond acceptors (Lipinski definition) is 8. The molecular formula is C31H32ClN5O5. The molecular weight excluding hydrogens is 558 g/mol. The molecule has 3 heterocycles. The summed E-state index contributed by atoms with van der Waals surface area (Å²) in [5.74, 6) is 1.40. The first-order valence-electron chi connectivity index (χ1n) is 14.1. The Morgan fingerprint density at radius 2 is 1.62 bits per heavy atom. The summed E-state index contributed by atoms with van der Waals surface area (Å²) in [4.78, 5) is 16.8. The standard InChI is InChI=1S/C31H32ClN5O5/c32-23-3-1-22(2-4-23)20-40-27-9-5-24(6-10-27)33-25-13-16-35(17-14-25)26-7-11-28(12-8-26)41-21-29-15-18-36-19-30(37(38)39)34-31(36)42-29/h1-12,19,25,29,33H,13-18,20-21H2. The molecule has 2 aliphatic heterocycles. The van der Waals surface area contributed by atoms with Gasteiger partial charge >= 0.3 is 11.8 Å². The highest BCUT2D eigenvalue weighted by Crippen LogP contribution is 2.27. The van der Waals surface area contributed by atoms with Crippen molar-refractivity contribution in [2.45, 2.75) is 44.6 Å². The van der Waals surface area contributed by atoms with Gasteiger partial charge in [-0.15, -0.1) is 0 Å². The van der Waals surface area contributed by atoms with Gasteiger partial charge in [0, 0.05) is 53.5 Å². The first-order valence-corrected chi connectivity index (χ1v) is 14.5. The largest absolute Gasteiger partial charge is 0.490 e. The van der Waals surface area contributed by atoms with Crippen LogP contribution in [0.25, 0.3) is 0 Å². The van der Waals surface area contributed by atoms with Gasteiger partial charge in [-0.1, -0.05) is 23.7 Å². The summed E-state index contributed by atoms with van der Waals surface area (Å²) in [6.45, 7) is 3.40. The summed E-state index contributed by atoms with van der Waals surface area (Å²) in [6, 6.07) is 24.6. The maximum atomic E-state index is 11.0. The molecule has 0 aliphatic carbocycles. The number of fused-ring (bicyclic) bond motifs is 1. The number of hydrogen-bond donors (Lipinski definition) is 1. The Hall–Kier alpha value is -4.44. The molecule has 1 aromatic heterocycles. The second-order valence-electron chi connectivity index (χ2n) is 10.5. The zero-order chi connectivity index (χ0) is 28.9. The number of halogens is 1. The summed E-state index contributed by atoms with van der Waals surface area (Å²) in [5, 5.41) is 15.3. The van der Waals surface area contributed by atoms with Crippen LogP contribution in [0, 0.1) is 10.1 Å². The number of rotatable bonds is 10.